The van der Waals surface area contributed by atoms with Gasteiger partial charge in [0.2, 0.25) is 0 Å². The highest BCUT2D eigenvalue weighted by Gasteiger charge is 2.40. The number of alkyl halides is 2. The van der Waals surface area contributed by atoms with Crippen molar-refractivity contribution in [2.75, 3.05) is 6.26 Å². The smallest absolute Gasteiger partial charge is 0.274 e. The third kappa shape index (κ3) is 5.57. The van der Waals surface area contributed by atoms with Crippen LogP contribution in [0.15, 0.2) is 65.2 Å². The summed E-state index contributed by atoms with van der Waals surface area (Å²) in [6.45, 7) is 10.4. The number of imidazole rings is 1. The van der Waals surface area contributed by atoms with Gasteiger partial charge in [-0.25, -0.2) is 22.2 Å². The van der Waals surface area contributed by atoms with Crippen molar-refractivity contribution in [3.63, 3.8) is 0 Å². The van der Waals surface area contributed by atoms with Crippen LogP contribution < -0.4 is 0 Å². The first kappa shape index (κ1) is 29.5. The van der Waals surface area contributed by atoms with Crippen LogP contribution in [0.25, 0.3) is 11.3 Å². The first-order chi connectivity index (χ1) is 17.8. The van der Waals surface area contributed by atoms with Gasteiger partial charge in [0.05, 0.1) is 16.0 Å². The summed E-state index contributed by atoms with van der Waals surface area (Å²) in [5.41, 5.74) is -0.392. The van der Waals surface area contributed by atoms with Crippen LogP contribution in [0, 0.1) is 6.92 Å². The highest BCUT2D eigenvalue weighted by Crippen LogP contribution is 2.43. The molecule has 207 valence electrons. The summed E-state index contributed by atoms with van der Waals surface area (Å²) >= 11 is 13.1. The second-order valence-corrected chi connectivity index (χ2v) is 13.6. The molecular formula is C29H29Cl2F2N2O3S. The molecule has 0 spiro atoms. The minimum atomic E-state index is -3.90. The van der Waals surface area contributed by atoms with Crippen LogP contribution in [0.5, 0.6) is 0 Å². The first-order valence-electron chi connectivity index (χ1n) is 12.1. The summed E-state index contributed by atoms with van der Waals surface area (Å²) in [6, 6.07) is 12.0. The van der Waals surface area contributed by atoms with Crippen LogP contribution in [0.1, 0.15) is 56.8 Å². The Morgan fingerprint density at radius 3 is 2.13 bits per heavy atom. The Bertz CT molecular complexity index is 1590. The molecule has 0 saturated carbocycles. The molecule has 0 amide bonds. The number of benzene rings is 2. The van der Waals surface area contributed by atoms with Crippen molar-refractivity contribution in [3.8, 4) is 5.69 Å². The SMILES string of the molecule is [CH2]C1=C(S(C)(=O)=O)C=C(c2ccc(-n3cc(C(C)(C)O)nc3C(C)(C)c3c(Cl)cccc3Cl)cc2)CC1(F)F. The number of rotatable bonds is 6. The number of hydrogen-bond donors (Lipinski definition) is 1. The molecule has 0 bridgehead atoms. The maximum absolute atomic E-state index is 14.7. The molecule has 0 saturated heterocycles. The number of hydrogen-bond acceptors (Lipinski definition) is 4. The second kappa shape index (κ2) is 9.84. The monoisotopic (exact) mass is 593 g/mol. The Kier molecular flexibility index (Phi) is 7.43. The lowest BCUT2D eigenvalue weighted by molar-refractivity contribution is 0.0496. The molecule has 0 atom stereocenters. The minimum absolute atomic E-state index is 0.186. The molecule has 2 aromatic carbocycles. The van der Waals surface area contributed by atoms with Crippen molar-refractivity contribution in [2.24, 2.45) is 0 Å². The Morgan fingerprint density at radius 2 is 1.62 bits per heavy atom. The average Bonchev–Trinajstić information content (AvgIpc) is 3.27. The second-order valence-electron chi connectivity index (χ2n) is 10.8. The normalized spacial score (nSPS) is 16.4. The van der Waals surface area contributed by atoms with Crippen molar-refractivity contribution in [3.05, 3.63) is 105 Å². The van der Waals surface area contributed by atoms with Gasteiger partial charge < -0.3 is 9.67 Å². The zero-order valence-electron chi connectivity index (χ0n) is 22.2. The molecule has 5 nitrogen and oxygen atoms in total. The molecule has 4 rings (SSSR count). The molecule has 1 N–H and O–H groups in total. The van der Waals surface area contributed by atoms with Gasteiger partial charge in [-0.3, -0.25) is 0 Å². The molecule has 1 aliphatic rings. The Balaban J connectivity index is 1.84. The van der Waals surface area contributed by atoms with Crippen molar-refractivity contribution in [2.45, 2.75) is 51.1 Å². The summed E-state index contributed by atoms with van der Waals surface area (Å²) in [4.78, 5) is 4.30. The van der Waals surface area contributed by atoms with Crippen molar-refractivity contribution in [1.29, 1.82) is 0 Å². The van der Waals surface area contributed by atoms with E-state index in [1.54, 1.807) is 67.1 Å². The van der Waals surface area contributed by atoms with E-state index in [0.29, 0.717) is 38.4 Å². The third-order valence-electron chi connectivity index (χ3n) is 6.85. The average molecular weight is 595 g/mol. The third-order valence-corrected chi connectivity index (χ3v) is 8.65. The highest BCUT2D eigenvalue weighted by molar-refractivity contribution is 7.94. The lowest BCUT2D eigenvalue weighted by atomic mass is 9.83. The molecule has 1 heterocycles. The van der Waals surface area contributed by atoms with Crippen LogP contribution in [-0.4, -0.2) is 35.3 Å². The van der Waals surface area contributed by atoms with E-state index in [0.717, 1.165) is 6.26 Å². The fourth-order valence-corrected chi connectivity index (χ4v) is 6.52. The number of nitrogens with zero attached hydrogens (tertiary/aromatic N) is 2. The van der Waals surface area contributed by atoms with Crippen molar-refractivity contribution >= 4 is 38.6 Å². The molecule has 1 radical (unpaired) electrons. The summed E-state index contributed by atoms with van der Waals surface area (Å²) < 4.78 is 55.5. The van der Waals surface area contributed by atoms with E-state index in [1.807, 2.05) is 13.8 Å². The van der Waals surface area contributed by atoms with Crippen LogP contribution in [0.3, 0.4) is 0 Å². The molecule has 1 aliphatic carbocycles. The van der Waals surface area contributed by atoms with E-state index < -0.39 is 43.7 Å². The van der Waals surface area contributed by atoms with Gasteiger partial charge in [0.1, 0.15) is 11.4 Å². The molecule has 0 unspecified atom stereocenters. The van der Waals surface area contributed by atoms with E-state index in [4.69, 9.17) is 28.2 Å². The van der Waals surface area contributed by atoms with E-state index in [-0.39, 0.29) is 5.57 Å². The number of allylic oxidation sites excluding steroid dienone is 3. The molecule has 1 aromatic heterocycles. The minimum Gasteiger partial charge on any atom is -0.384 e. The van der Waals surface area contributed by atoms with E-state index in [2.05, 4.69) is 6.92 Å². The highest BCUT2D eigenvalue weighted by atomic mass is 35.5. The predicted octanol–water partition coefficient (Wildman–Crippen LogP) is 7.29. The van der Waals surface area contributed by atoms with Crippen molar-refractivity contribution < 1.29 is 22.3 Å². The lowest BCUT2D eigenvalue weighted by Crippen LogP contribution is -2.25. The van der Waals surface area contributed by atoms with Gasteiger partial charge in [-0.05, 0) is 76.1 Å². The summed E-state index contributed by atoms with van der Waals surface area (Å²) in [5.74, 6) is -2.84. The number of aliphatic hydroxyl groups is 1. The maximum Gasteiger partial charge on any atom is 0.274 e. The summed E-state index contributed by atoms with van der Waals surface area (Å²) in [5, 5.41) is 11.7. The van der Waals surface area contributed by atoms with Crippen LogP contribution >= 0.6 is 23.2 Å². The molecule has 3 aromatic rings. The lowest BCUT2D eigenvalue weighted by Gasteiger charge is -2.28. The van der Waals surface area contributed by atoms with Gasteiger partial charge >= 0.3 is 0 Å². The van der Waals surface area contributed by atoms with E-state index >= 15 is 0 Å². The number of aromatic nitrogens is 2. The zero-order chi connectivity index (χ0) is 29.1. The van der Waals surface area contributed by atoms with E-state index in [9.17, 15) is 22.3 Å². The van der Waals surface area contributed by atoms with Gasteiger partial charge in [-0.2, -0.15) is 0 Å². The molecular weight excluding hydrogens is 565 g/mol. The summed E-state index contributed by atoms with van der Waals surface area (Å²) in [7, 11) is -3.90. The van der Waals surface area contributed by atoms with Gasteiger partial charge in [0, 0.05) is 45.7 Å². The molecule has 10 heteroatoms. The molecule has 39 heavy (non-hydrogen) atoms. The largest absolute Gasteiger partial charge is 0.384 e. The van der Waals surface area contributed by atoms with Crippen LogP contribution in [0.4, 0.5) is 8.78 Å². The number of halogens is 4. The van der Waals surface area contributed by atoms with E-state index in [1.165, 1.54) is 6.08 Å². The predicted molar refractivity (Wildman–Crippen MR) is 152 cm³/mol. The zero-order valence-corrected chi connectivity index (χ0v) is 24.5. The number of sulfone groups is 1. The topological polar surface area (TPSA) is 72.2 Å². The summed E-state index contributed by atoms with van der Waals surface area (Å²) in [6.07, 6.45) is 3.20. The van der Waals surface area contributed by atoms with Gasteiger partial charge in [0.25, 0.3) is 5.92 Å². The van der Waals surface area contributed by atoms with Crippen LogP contribution in [-0.2, 0) is 20.9 Å². The fraction of sp³-hybridized carbons (Fsp3) is 0.310. The Labute approximate surface area is 237 Å². The first-order valence-corrected chi connectivity index (χ1v) is 14.7. The fourth-order valence-electron chi connectivity index (χ4n) is 4.69. The van der Waals surface area contributed by atoms with Crippen LogP contribution in [0.2, 0.25) is 10.0 Å². The van der Waals surface area contributed by atoms with Gasteiger partial charge in [0.15, 0.2) is 9.84 Å². The quantitative estimate of drug-likeness (QED) is 0.326. The Hall–Kier alpha value is -2.52. The molecule has 0 fully saturated rings. The maximum atomic E-state index is 14.7. The van der Waals surface area contributed by atoms with Gasteiger partial charge in [-0.15, -0.1) is 0 Å². The van der Waals surface area contributed by atoms with Crippen molar-refractivity contribution in [1.82, 2.24) is 9.55 Å². The Morgan fingerprint density at radius 1 is 1.05 bits per heavy atom. The molecule has 0 aliphatic heterocycles. The van der Waals surface area contributed by atoms with Gasteiger partial charge in [-0.1, -0.05) is 41.4 Å². The standard InChI is InChI=1S/C29H29Cl2F2N2O3S/c1-17-23(39(6,37)38)14-19(15-29(17,32)33)18-10-12-20(13-11-18)35-16-24(28(4,5)36)34-26(35)27(2,3)25-21(30)8-7-9-22(25)31/h7-14,16,36H,1,15H2,2-6H3.